The summed E-state index contributed by atoms with van der Waals surface area (Å²) in [5.74, 6) is 1.00. The smallest absolute Gasteiger partial charge is 0.287 e. The molecule has 0 atom stereocenters. The number of furan rings is 1. The van der Waals surface area contributed by atoms with Crippen LogP contribution in [0.1, 0.15) is 29.0 Å². The minimum Gasteiger partial charge on any atom is -0.451 e. The number of halogens is 1. The van der Waals surface area contributed by atoms with Crippen molar-refractivity contribution in [2.75, 3.05) is 6.54 Å². The molecule has 1 fully saturated rings. The summed E-state index contributed by atoms with van der Waals surface area (Å²) >= 11 is 3.40. The van der Waals surface area contributed by atoms with Gasteiger partial charge in [-0.2, -0.15) is 0 Å². The summed E-state index contributed by atoms with van der Waals surface area (Å²) in [6, 6.07) is 5.81. The van der Waals surface area contributed by atoms with Gasteiger partial charge in [0.15, 0.2) is 5.76 Å². The van der Waals surface area contributed by atoms with Crippen molar-refractivity contribution < 1.29 is 9.21 Å². The van der Waals surface area contributed by atoms with Gasteiger partial charge in [0.1, 0.15) is 5.58 Å². The maximum absolute atomic E-state index is 12.0. The molecule has 1 saturated carbocycles. The van der Waals surface area contributed by atoms with Crippen molar-refractivity contribution in [2.24, 2.45) is 5.92 Å². The lowest BCUT2D eigenvalue weighted by Crippen LogP contribution is -2.25. The van der Waals surface area contributed by atoms with Crippen molar-refractivity contribution in [3.63, 3.8) is 0 Å². The largest absolute Gasteiger partial charge is 0.451 e. The van der Waals surface area contributed by atoms with Crippen LogP contribution in [-0.2, 0) is 0 Å². The highest BCUT2D eigenvalue weighted by molar-refractivity contribution is 9.10. The number of hydrogen-bond acceptors (Lipinski definition) is 2. The number of rotatable bonds is 3. The van der Waals surface area contributed by atoms with E-state index in [0.29, 0.717) is 11.7 Å². The quantitative estimate of drug-likeness (QED) is 0.940. The van der Waals surface area contributed by atoms with Crippen molar-refractivity contribution in [3.05, 3.63) is 34.0 Å². The monoisotopic (exact) mass is 307 g/mol. The number of nitrogens with one attached hydrogen (secondary N) is 1. The Morgan fingerprint density at radius 3 is 3.00 bits per heavy atom. The van der Waals surface area contributed by atoms with Crippen LogP contribution in [0.5, 0.6) is 0 Å². The van der Waals surface area contributed by atoms with E-state index in [1.165, 1.54) is 12.8 Å². The second kappa shape index (κ2) is 4.43. The molecule has 4 heteroatoms. The molecule has 1 aliphatic carbocycles. The van der Waals surface area contributed by atoms with Crippen LogP contribution in [0.25, 0.3) is 11.0 Å². The third-order valence-corrected chi connectivity index (χ3v) is 3.85. The van der Waals surface area contributed by atoms with Gasteiger partial charge >= 0.3 is 0 Å². The minimum atomic E-state index is -0.105. The van der Waals surface area contributed by atoms with E-state index in [4.69, 9.17) is 4.42 Å². The van der Waals surface area contributed by atoms with Crippen molar-refractivity contribution in [1.82, 2.24) is 5.32 Å². The highest BCUT2D eigenvalue weighted by atomic mass is 79.9. The predicted molar refractivity (Wildman–Crippen MR) is 73.7 cm³/mol. The second-order valence-corrected chi connectivity index (χ2v) is 5.77. The Kier molecular flexibility index (Phi) is 2.90. The van der Waals surface area contributed by atoms with Gasteiger partial charge in [-0.15, -0.1) is 0 Å². The Morgan fingerprint density at radius 2 is 2.28 bits per heavy atom. The lowest BCUT2D eigenvalue weighted by atomic mass is 10.1. The van der Waals surface area contributed by atoms with Crippen LogP contribution in [0, 0.1) is 12.8 Å². The summed E-state index contributed by atoms with van der Waals surface area (Å²) in [6.07, 6.45) is 2.46. The molecule has 3 rings (SSSR count). The van der Waals surface area contributed by atoms with E-state index in [-0.39, 0.29) is 5.91 Å². The normalized spacial score (nSPS) is 15.0. The average Bonchev–Trinajstić information content (AvgIpc) is 3.11. The number of benzene rings is 1. The first-order valence-electron chi connectivity index (χ1n) is 6.12. The molecule has 0 bridgehead atoms. The Morgan fingerprint density at radius 1 is 1.50 bits per heavy atom. The summed E-state index contributed by atoms with van der Waals surface area (Å²) < 4.78 is 6.60. The van der Waals surface area contributed by atoms with Gasteiger partial charge in [0.05, 0.1) is 0 Å². The first kappa shape index (κ1) is 11.8. The molecular formula is C14H14BrNO2. The lowest BCUT2D eigenvalue weighted by Gasteiger charge is -2.01. The van der Waals surface area contributed by atoms with E-state index in [2.05, 4.69) is 21.2 Å². The maximum atomic E-state index is 12.0. The SMILES string of the molecule is Cc1c(C(=O)NCC2CC2)oc2cc(Br)ccc12. The molecule has 0 radical (unpaired) electrons. The van der Waals surface area contributed by atoms with E-state index in [0.717, 1.165) is 27.6 Å². The van der Waals surface area contributed by atoms with Crippen molar-refractivity contribution in [3.8, 4) is 0 Å². The highest BCUT2D eigenvalue weighted by Gasteiger charge is 2.23. The second-order valence-electron chi connectivity index (χ2n) is 4.85. The van der Waals surface area contributed by atoms with Crippen molar-refractivity contribution in [2.45, 2.75) is 19.8 Å². The Bertz CT molecular complexity index is 614. The number of hydrogen-bond donors (Lipinski definition) is 1. The molecular weight excluding hydrogens is 294 g/mol. The van der Waals surface area contributed by atoms with E-state index in [1.807, 2.05) is 25.1 Å². The van der Waals surface area contributed by atoms with Gasteiger partial charge in [-0.1, -0.05) is 15.9 Å². The van der Waals surface area contributed by atoms with Crippen LogP contribution in [0.4, 0.5) is 0 Å². The zero-order chi connectivity index (χ0) is 12.7. The molecule has 0 unspecified atom stereocenters. The van der Waals surface area contributed by atoms with Gasteiger partial charge in [-0.25, -0.2) is 0 Å². The van der Waals surface area contributed by atoms with Gasteiger partial charge in [-0.05, 0) is 43.9 Å². The molecule has 94 valence electrons. The minimum absolute atomic E-state index is 0.105. The lowest BCUT2D eigenvalue weighted by molar-refractivity contribution is 0.0925. The zero-order valence-corrected chi connectivity index (χ0v) is 11.7. The van der Waals surface area contributed by atoms with Crippen LogP contribution in [0.15, 0.2) is 27.1 Å². The Hall–Kier alpha value is -1.29. The van der Waals surface area contributed by atoms with E-state index >= 15 is 0 Å². The zero-order valence-electron chi connectivity index (χ0n) is 10.1. The third-order valence-electron chi connectivity index (χ3n) is 3.35. The number of fused-ring (bicyclic) bond motifs is 1. The molecule has 2 aromatic rings. The first-order chi connectivity index (χ1) is 8.65. The number of carbonyl (C=O) groups excluding carboxylic acids is 1. The van der Waals surface area contributed by atoms with E-state index in [9.17, 15) is 4.79 Å². The summed E-state index contributed by atoms with van der Waals surface area (Å²) in [5.41, 5.74) is 1.66. The summed E-state index contributed by atoms with van der Waals surface area (Å²) in [4.78, 5) is 12.0. The Labute approximate surface area is 114 Å². The van der Waals surface area contributed by atoms with Gasteiger partial charge in [0.2, 0.25) is 0 Å². The van der Waals surface area contributed by atoms with Gasteiger partial charge in [-0.3, -0.25) is 4.79 Å². The number of carbonyl (C=O) groups is 1. The van der Waals surface area contributed by atoms with Gasteiger partial charge < -0.3 is 9.73 Å². The molecule has 0 spiro atoms. The number of amides is 1. The molecule has 1 heterocycles. The van der Waals surface area contributed by atoms with E-state index < -0.39 is 0 Å². The molecule has 1 aromatic carbocycles. The van der Waals surface area contributed by atoms with Crippen molar-refractivity contribution >= 4 is 32.8 Å². The molecule has 0 aliphatic heterocycles. The third kappa shape index (κ3) is 2.17. The summed E-state index contributed by atoms with van der Waals surface area (Å²) in [5, 5.41) is 3.93. The predicted octanol–water partition coefficient (Wildman–Crippen LogP) is 3.64. The summed E-state index contributed by atoms with van der Waals surface area (Å²) in [6.45, 7) is 2.69. The molecule has 0 saturated heterocycles. The summed E-state index contributed by atoms with van der Waals surface area (Å²) in [7, 11) is 0. The molecule has 1 amide bonds. The Balaban J connectivity index is 1.90. The molecule has 3 nitrogen and oxygen atoms in total. The topological polar surface area (TPSA) is 42.2 Å². The molecule has 1 N–H and O–H groups in total. The fraction of sp³-hybridized carbons (Fsp3) is 0.357. The van der Waals surface area contributed by atoms with Crippen LogP contribution < -0.4 is 5.32 Å². The van der Waals surface area contributed by atoms with E-state index in [1.54, 1.807) is 0 Å². The fourth-order valence-electron chi connectivity index (χ4n) is 2.06. The van der Waals surface area contributed by atoms with Crippen LogP contribution in [0.3, 0.4) is 0 Å². The van der Waals surface area contributed by atoms with Crippen LogP contribution >= 0.6 is 15.9 Å². The molecule has 18 heavy (non-hydrogen) atoms. The molecule has 1 aliphatic rings. The maximum Gasteiger partial charge on any atom is 0.287 e. The van der Waals surface area contributed by atoms with Crippen molar-refractivity contribution in [1.29, 1.82) is 0 Å². The van der Waals surface area contributed by atoms with Gasteiger partial charge in [0, 0.05) is 22.0 Å². The first-order valence-corrected chi connectivity index (χ1v) is 6.91. The molecule has 1 aromatic heterocycles. The van der Waals surface area contributed by atoms with Gasteiger partial charge in [0.25, 0.3) is 5.91 Å². The van der Waals surface area contributed by atoms with Crippen LogP contribution in [-0.4, -0.2) is 12.5 Å². The number of aryl methyl sites for hydroxylation is 1. The standard InChI is InChI=1S/C14H14BrNO2/c1-8-11-5-4-10(15)6-12(11)18-13(8)14(17)16-7-9-2-3-9/h4-6,9H,2-3,7H2,1H3,(H,16,17). The highest BCUT2D eigenvalue weighted by Crippen LogP contribution is 2.29. The fourth-order valence-corrected chi connectivity index (χ4v) is 2.40. The average molecular weight is 308 g/mol. The van der Waals surface area contributed by atoms with Crippen LogP contribution in [0.2, 0.25) is 0 Å².